The van der Waals surface area contributed by atoms with Gasteiger partial charge >= 0.3 is 0 Å². The third kappa shape index (κ3) is 3.86. The van der Waals surface area contributed by atoms with E-state index >= 15 is 0 Å². The number of sulfonamides is 1. The number of anilines is 1. The highest BCUT2D eigenvalue weighted by molar-refractivity contribution is 7.91. The molecule has 0 saturated carbocycles. The van der Waals surface area contributed by atoms with Crippen LogP contribution in [0.5, 0.6) is 0 Å². The molecule has 4 aromatic rings. The Morgan fingerprint density at radius 1 is 1.07 bits per heavy atom. The van der Waals surface area contributed by atoms with Gasteiger partial charge in [-0.3, -0.25) is 9.82 Å². The Bertz CT molecular complexity index is 1210. The lowest BCUT2D eigenvalue weighted by molar-refractivity contribution is 0.600. The van der Waals surface area contributed by atoms with E-state index in [1.54, 1.807) is 24.3 Å². The van der Waals surface area contributed by atoms with Gasteiger partial charge in [-0.25, -0.2) is 28.4 Å². The van der Waals surface area contributed by atoms with Gasteiger partial charge in [-0.15, -0.1) is 0 Å². The van der Waals surface area contributed by atoms with Gasteiger partial charge in [0.05, 0.1) is 11.9 Å². The van der Waals surface area contributed by atoms with Gasteiger partial charge in [0.1, 0.15) is 16.5 Å². The van der Waals surface area contributed by atoms with Crippen LogP contribution >= 0.6 is 11.6 Å². The Labute approximate surface area is 158 Å². The van der Waals surface area contributed by atoms with Crippen molar-refractivity contribution in [1.29, 1.82) is 0 Å². The smallest absolute Gasteiger partial charge is 0.238 e. The number of H-pyrrole nitrogens is 1. The van der Waals surface area contributed by atoms with E-state index in [9.17, 15) is 8.42 Å². The van der Waals surface area contributed by atoms with Crippen LogP contribution < -0.4 is 4.72 Å². The van der Waals surface area contributed by atoms with E-state index in [1.165, 1.54) is 18.5 Å². The van der Waals surface area contributed by atoms with Gasteiger partial charge in [-0.1, -0.05) is 41.9 Å². The predicted molar refractivity (Wildman–Crippen MR) is 100 cm³/mol. The molecule has 27 heavy (non-hydrogen) atoms. The highest BCUT2D eigenvalue weighted by atomic mass is 35.5. The van der Waals surface area contributed by atoms with Crippen molar-refractivity contribution in [3.63, 3.8) is 0 Å². The lowest BCUT2D eigenvalue weighted by atomic mass is 10.2. The molecule has 0 atom stereocenters. The first-order chi connectivity index (χ1) is 13.0. The summed E-state index contributed by atoms with van der Waals surface area (Å²) < 4.78 is 27.2. The van der Waals surface area contributed by atoms with Crippen molar-refractivity contribution < 1.29 is 8.42 Å². The fourth-order valence-electron chi connectivity index (χ4n) is 2.45. The zero-order valence-electron chi connectivity index (χ0n) is 13.7. The molecule has 1 aromatic carbocycles. The van der Waals surface area contributed by atoms with Gasteiger partial charge in [-0.2, -0.15) is 5.10 Å². The van der Waals surface area contributed by atoms with E-state index in [0.717, 1.165) is 0 Å². The Morgan fingerprint density at radius 2 is 1.89 bits per heavy atom. The highest BCUT2D eigenvalue weighted by Crippen LogP contribution is 2.23. The second-order valence-corrected chi connectivity index (χ2v) is 7.68. The molecule has 3 heterocycles. The van der Waals surface area contributed by atoms with Crippen molar-refractivity contribution in [1.82, 2.24) is 30.1 Å². The van der Waals surface area contributed by atoms with Gasteiger partial charge in [0.2, 0.25) is 10.0 Å². The van der Waals surface area contributed by atoms with Gasteiger partial charge in [-0.05, 0) is 11.6 Å². The van der Waals surface area contributed by atoms with Crippen molar-refractivity contribution in [2.24, 2.45) is 0 Å². The Morgan fingerprint density at radius 3 is 2.70 bits per heavy atom. The van der Waals surface area contributed by atoms with E-state index in [1.807, 2.05) is 6.07 Å². The molecule has 0 radical (unpaired) electrons. The molecule has 0 spiro atoms. The second kappa shape index (κ2) is 6.89. The molecule has 11 heteroatoms. The molecule has 0 amide bonds. The lowest BCUT2D eigenvalue weighted by Gasteiger charge is -2.08. The van der Waals surface area contributed by atoms with Crippen LogP contribution in [0.2, 0.25) is 5.15 Å². The van der Waals surface area contributed by atoms with Gasteiger partial charge in [0.15, 0.2) is 17.2 Å². The zero-order valence-corrected chi connectivity index (χ0v) is 15.2. The summed E-state index contributed by atoms with van der Waals surface area (Å²) in [6, 6.07) is 10.3. The van der Waals surface area contributed by atoms with Crippen LogP contribution in [0.25, 0.3) is 22.7 Å². The normalized spacial score (nSPS) is 11.6. The third-order valence-corrected chi connectivity index (χ3v) is 4.98. The van der Waals surface area contributed by atoms with Crippen molar-refractivity contribution >= 4 is 38.6 Å². The lowest BCUT2D eigenvalue weighted by Crippen LogP contribution is -2.16. The number of aromatic nitrogens is 6. The summed E-state index contributed by atoms with van der Waals surface area (Å²) >= 11 is 5.88. The van der Waals surface area contributed by atoms with E-state index in [-0.39, 0.29) is 22.5 Å². The topological polar surface area (TPSA) is 126 Å². The summed E-state index contributed by atoms with van der Waals surface area (Å²) in [6.07, 6.45) is 2.82. The molecule has 0 saturated heterocycles. The van der Waals surface area contributed by atoms with E-state index < -0.39 is 10.0 Å². The molecule has 3 aromatic heterocycles. The first-order valence-electron chi connectivity index (χ1n) is 7.75. The SMILES string of the molecule is O=S(=O)(Cc1ccccc1)Nc1ccnc(-c2n[nH]c3ncc(Cl)nc23)n1. The summed E-state index contributed by atoms with van der Waals surface area (Å²) in [5, 5.41) is 7.01. The monoisotopic (exact) mass is 401 g/mol. The summed E-state index contributed by atoms with van der Waals surface area (Å²) in [4.78, 5) is 16.6. The Kier molecular flexibility index (Phi) is 4.42. The van der Waals surface area contributed by atoms with Crippen LogP contribution in [-0.4, -0.2) is 38.6 Å². The maximum Gasteiger partial charge on any atom is 0.238 e. The highest BCUT2D eigenvalue weighted by Gasteiger charge is 2.17. The summed E-state index contributed by atoms with van der Waals surface area (Å²) in [6.45, 7) is 0. The summed E-state index contributed by atoms with van der Waals surface area (Å²) in [5.41, 5.74) is 1.81. The standard InChI is InChI=1S/C16H12ClN7O2S/c17-11-8-19-16-13(20-11)14(22-23-16)15-18-7-6-12(21-15)24-27(25,26)9-10-4-2-1-3-5-10/h1-8H,9H2,(H,18,21,24)(H,19,22,23). The number of fused-ring (bicyclic) bond motifs is 1. The first kappa shape index (κ1) is 17.3. The van der Waals surface area contributed by atoms with Crippen LogP contribution in [0.3, 0.4) is 0 Å². The second-order valence-electron chi connectivity index (χ2n) is 5.57. The fraction of sp³-hybridized carbons (Fsp3) is 0.0625. The Hall–Kier alpha value is -3.11. The van der Waals surface area contributed by atoms with E-state index in [4.69, 9.17) is 11.6 Å². The number of benzene rings is 1. The van der Waals surface area contributed by atoms with Crippen LogP contribution in [0.4, 0.5) is 5.82 Å². The average Bonchev–Trinajstić information content (AvgIpc) is 3.05. The van der Waals surface area contributed by atoms with Gasteiger partial charge in [0.25, 0.3) is 0 Å². The molecule has 0 bridgehead atoms. The number of halogens is 1. The number of rotatable bonds is 5. The van der Waals surface area contributed by atoms with Crippen molar-refractivity contribution in [3.8, 4) is 11.5 Å². The minimum atomic E-state index is -3.64. The summed E-state index contributed by atoms with van der Waals surface area (Å²) in [7, 11) is -3.64. The molecule has 0 aliphatic rings. The van der Waals surface area contributed by atoms with Crippen LogP contribution in [0.15, 0.2) is 48.8 Å². The van der Waals surface area contributed by atoms with Crippen molar-refractivity contribution in [2.75, 3.05) is 4.72 Å². The molecule has 0 aliphatic carbocycles. The minimum absolute atomic E-state index is 0.127. The maximum absolute atomic E-state index is 12.4. The molecule has 0 unspecified atom stereocenters. The number of aromatic amines is 1. The van der Waals surface area contributed by atoms with Crippen LogP contribution in [-0.2, 0) is 15.8 Å². The third-order valence-electron chi connectivity index (χ3n) is 3.57. The van der Waals surface area contributed by atoms with Crippen LogP contribution in [0.1, 0.15) is 5.56 Å². The number of nitrogens with one attached hydrogen (secondary N) is 2. The average molecular weight is 402 g/mol. The molecule has 9 nitrogen and oxygen atoms in total. The van der Waals surface area contributed by atoms with Crippen molar-refractivity contribution in [3.05, 3.63) is 59.5 Å². The zero-order chi connectivity index (χ0) is 18.9. The Balaban J connectivity index is 1.63. The molecule has 4 rings (SSSR count). The number of hydrogen-bond acceptors (Lipinski definition) is 7. The molecule has 2 N–H and O–H groups in total. The minimum Gasteiger partial charge on any atom is -0.267 e. The molecular weight excluding hydrogens is 390 g/mol. The molecule has 0 aliphatic heterocycles. The quantitative estimate of drug-likeness (QED) is 0.525. The van der Waals surface area contributed by atoms with Gasteiger partial charge in [0, 0.05) is 6.20 Å². The molecule has 136 valence electrons. The molecule has 0 fully saturated rings. The van der Waals surface area contributed by atoms with E-state index in [0.29, 0.717) is 22.4 Å². The van der Waals surface area contributed by atoms with Gasteiger partial charge < -0.3 is 0 Å². The number of nitrogens with zero attached hydrogens (tertiary/aromatic N) is 5. The van der Waals surface area contributed by atoms with Crippen molar-refractivity contribution in [2.45, 2.75) is 5.75 Å². The predicted octanol–water partition coefficient (Wildman–Crippen LogP) is 2.41. The van der Waals surface area contributed by atoms with E-state index in [2.05, 4.69) is 34.9 Å². The largest absolute Gasteiger partial charge is 0.267 e. The first-order valence-corrected chi connectivity index (χ1v) is 9.78. The fourth-order valence-corrected chi connectivity index (χ4v) is 3.72. The summed E-state index contributed by atoms with van der Waals surface area (Å²) in [5.74, 6) is 0.152. The number of hydrogen-bond donors (Lipinski definition) is 2. The maximum atomic E-state index is 12.4. The van der Waals surface area contributed by atoms with Crippen LogP contribution in [0, 0.1) is 0 Å². The molecular formula is C16H12ClN7O2S.